The molecule has 0 aliphatic carbocycles. The van der Waals surface area contributed by atoms with Crippen LogP contribution in [0, 0.1) is 0 Å². The number of aliphatic hydroxyl groups excluding tert-OH is 1. The summed E-state index contributed by atoms with van der Waals surface area (Å²) in [6.07, 6.45) is 0. The van der Waals surface area contributed by atoms with Crippen LogP contribution in [-0.2, 0) is 4.79 Å². The molecule has 0 aliphatic rings. The van der Waals surface area contributed by atoms with Gasteiger partial charge in [-0.2, -0.15) is 0 Å². The fourth-order valence-electron chi connectivity index (χ4n) is 0.118. The van der Waals surface area contributed by atoms with Crippen molar-refractivity contribution < 1.29 is 15.0 Å². The molecule has 0 amide bonds. The lowest BCUT2D eigenvalue weighted by Gasteiger charge is -2.05. The molecule has 0 unspecified atom stereocenters. The number of halogens is 1. The molecule has 0 fully saturated rings. The lowest BCUT2D eigenvalue weighted by molar-refractivity contribution is -0.139. The summed E-state index contributed by atoms with van der Waals surface area (Å²) in [4.78, 5) is 9.85. The van der Waals surface area contributed by atoms with Crippen LogP contribution < -0.4 is 5.73 Å². The number of alkyl halides is 1. The van der Waals surface area contributed by atoms with Gasteiger partial charge in [-0.15, -0.1) is 0 Å². The van der Waals surface area contributed by atoms with Gasteiger partial charge in [-0.1, -0.05) is 0 Å². The maximum Gasteiger partial charge on any atom is 0.324 e. The van der Waals surface area contributed by atoms with Crippen LogP contribution in [0.5, 0.6) is 0 Å². The number of rotatable bonds is 2. The van der Waals surface area contributed by atoms with Gasteiger partial charge in [0.25, 0.3) is 0 Å². The number of carbonyl (C=O) groups is 1. The van der Waals surface area contributed by atoms with Crippen molar-refractivity contribution in [2.24, 2.45) is 5.73 Å². The summed E-state index contributed by atoms with van der Waals surface area (Å²) in [5, 5.41) is 16.5. The smallest absolute Gasteiger partial charge is 0.324 e. The molecule has 0 saturated carbocycles. The molecule has 0 saturated heterocycles. The third-order valence-corrected chi connectivity index (χ3v) is 1.36. The summed E-state index contributed by atoms with van der Waals surface area (Å²) >= 11 is 1.53. The Labute approximate surface area is 59.8 Å². The Balaban J connectivity index is 3.64. The highest BCUT2D eigenvalue weighted by Crippen LogP contribution is 1.98. The average molecular weight is 231 g/mol. The molecule has 48 valence electrons. The van der Waals surface area contributed by atoms with Crippen molar-refractivity contribution >= 4 is 28.6 Å². The third-order valence-electron chi connectivity index (χ3n) is 0.581. The quantitative estimate of drug-likeness (QED) is 0.427. The summed E-state index contributed by atoms with van der Waals surface area (Å²) in [6, 6.07) is -1.17. The summed E-state index contributed by atoms with van der Waals surface area (Å²) < 4.78 is -1.01. The van der Waals surface area contributed by atoms with E-state index in [0.29, 0.717) is 0 Å². The van der Waals surface area contributed by atoms with E-state index in [0.717, 1.165) is 0 Å². The molecule has 0 radical (unpaired) electrons. The lowest BCUT2D eigenvalue weighted by Crippen LogP contribution is -2.38. The van der Waals surface area contributed by atoms with Gasteiger partial charge >= 0.3 is 5.97 Å². The minimum absolute atomic E-state index is 1.01. The zero-order chi connectivity index (χ0) is 6.73. The van der Waals surface area contributed by atoms with E-state index in [2.05, 4.69) is 0 Å². The first-order valence-corrected chi connectivity index (χ1v) is 3.11. The van der Waals surface area contributed by atoms with Crippen LogP contribution in [0.15, 0.2) is 0 Å². The monoisotopic (exact) mass is 231 g/mol. The standard InChI is InChI=1S/C3H6INO3/c4-2(6)1(5)3(7)8/h1-2,6H,5H2,(H,7,8)/t1-,2-/m1/s1. The maximum absolute atomic E-state index is 9.85. The molecule has 4 N–H and O–H groups in total. The topological polar surface area (TPSA) is 83.6 Å². The predicted octanol–water partition coefficient (Wildman–Crippen LogP) is -0.848. The second-order valence-electron chi connectivity index (χ2n) is 1.24. The fraction of sp³-hybridized carbons (Fsp3) is 0.667. The van der Waals surface area contributed by atoms with Gasteiger partial charge in [0.1, 0.15) is 10.2 Å². The first-order chi connectivity index (χ1) is 3.55. The van der Waals surface area contributed by atoms with E-state index < -0.39 is 16.1 Å². The van der Waals surface area contributed by atoms with E-state index >= 15 is 0 Å². The van der Waals surface area contributed by atoms with E-state index in [4.69, 9.17) is 15.9 Å². The molecule has 0 aromatic carbocycles. The van der Waals surface area contributed by atoms with E-state index in [-0.39, 0.29) is 0 Å². The number of carboxylic acids is 1. The van der Waals surface area contributed by atoms with Gasteiger partial charge in [-0.3, -0.25) is 4.79 Å². The Morgan fingerprint density at radius 2 is 2.12 bits per heavy atom. The van der Waals surface area contributed by atoms with Crippen molar-refractivity contribution in [3.63, 3.8) is 0 Å². The molecule has 0 rings (SSSR count). The van der Waals surface area contributed by atoms with Gasteiger partial charge in [0.05, 0.1) is 0 Å². The molecule has 0 spiro atoms. The lowest BCUT2D eigenvalue weighted by atomic mass is 10.3. The van der Waals surface area contributed by atoms with Crippen molar-refractivity contribution in [3.05, 3.63) is 0 Å². The average Bonchev–Trinajstić information content (AvgIpc) is 1.64. The van der Waals surface area contributed by atoms with Gasteiger partial charge in [0, 0.05) is 0 Å². The molecule has 0 aromatic heterocycles. The Morgan fingerprint density at radius 1 is 1.75 bits per heavy atom. The molecular weight excluding hydrogens is 225 g/mol. The fourth-order valence-corrected chi connectivity index (χ4v) is 0.425. The summed E-state index contributed by atoms with van der Waals surface area (Å²) in [7, 11) is 0. The minimum Gasteiger partial charge on any atom is -0.480 e. The molecule has 4 nitrogen and oxygen atoms in total. The number of nitrogens with two attached hydrogens (primary N) is 1. The second kappa shape index (κ2) is 3.21. The number of aliphatic carboxylic acids is 1. The van der Waals surface area contributed by atoms with Gasteiger partial charge in [0.15, 0.2) is 0 Å². The van der Waals surface area contributed by atoms with Crippen LogP contribution in [0.3, 0.4) is 0 Å². The zero-order valence-electron chi connectivity index (χ0n) is 3.91. The number of aliphatic hydroxyl groups is 1. The van der Waals surface area contributed by atoms with Crippen molar-refractivity contribution in [1.29, 1.82) is 0 Å². The maximum atomic E-state index is 9.85. The van der Waals surface area contributed by atoms with E-state index in [1.54, 1.807) is 0 Å². The van der Waals surface area contributed by atoms with Crippen LogP contribution in [0.4, 0.5) is 0 Å². The molecule has 8 heavy (non-hydrogen) atoms. The van der Waals surface area contributed by atoms with Crippen LogP contribution >= 0.6 is 22.6 Å². The van der Waals surface area contributed by atoms with Gasteiger partial charge in [-0.25, -0.2) is 0 Å². The predicted molar refractivity (Wildman–Crippen MR) is 35.6 cm³/mol. The third kappa shape index (κ3) is 2.43. The Morgan fingerprint density at radius 3 is 2.12 bits per heavy atom. The van der Waals surface area contributed by atoms with Crippen molar-refractivity contribution in [2.45, 2.75) is 10.2 Å². The molecule has 0 aromatic rings. The SMILES string of the molecule is N[C@@H](C(=O)O)[C@@H](O)I. The van der Waals surface area contributed by atoms with Gasteiger partial charge in [0.2, 0.25) is 0 Å². The molecular formula is C3H6INO3. The number of hydrogen-bond acceptors (Lipinski definition) is 3. The molecule has 0 bridgehead atoms. The largest absolute Gasteiger partial charge is 0.480 e. The number of carboxylic acid groups (broad SMARTS) is 1. The normalized spacial score (nSPS) is 17.4. The van der Waals surface area contributed by atoms with E-state index in [9.17, 15) is 4.79 Å². The Hall–Kier alpha value is 0.120. The summed E-state index contributed by atoms with van der Waals surface area (Å²) in [5.74, 6) is -1.19. The van der Waals surface area contributed by atoms with Crippen molar-refractivity contribution in [2.75, 3.05) is 0 Å². The molecule has 5 heteroatoms. The highest BCUT2D eigenvalue weighted by molar-refractivity contribution is 14.1. The van der Waals surface area contributed by atoms with Crippen molar-refractivity contribution in [3.8, 4) is 0 Å². The van der Waals surface area contributed by atoms with Crippen LogP contribution in [0.1, 0.15) is 0 Å². The zero-order valence-corrected chi connectivity index (χ0v) is 6.07. The highest BCUT2D eigenvalue weighted by atomic mass is 127. The molecule has 0 heterocycles. The highest BCUT2D eigenvalue weighted by Gasteiger charge is 2.17. The van der Waals surface area contributed by atoms with Crippen LogP contribution in [0.2, 0.25) is 0 Å². The first kappa shape index (κ1) is 8.12. The van der Waals surface area contributed by atoms with Gasteiger partial charge < -0.3 is 15.9 Å². The van der Waals surface area contributed by atoms with Crippen LogP contribution in [0.25, 0.3) is 0 Å². The summed E-state index contributed by atoms with van der Waals surface area (Å²) in [5.41, 5.74) is 4.90. The van der Waals surface area contributed by atoms with Crippen LogP contribution in [-0.4, -0.2) is 26.3 Å². The van der Waals surface area contributed by atoms with E-state index in [1.165, 1.54) is 22.6 Å². The Bertz CT molecular complexity index is 94.5. The second-order valence-corrected chi connectivity index (χ2v) is 2.51. The van der Waals surface area contributed by atoms with Crippen molar-refractivity contribution in [1.82, 2.24) is 0 Å². The van der Waals surface area contributed by atoms with E-state index in [1.807, 2.05) is 0 Å². The molecule has 2 atom stereocenters. The van der Waals surface area contributed by atoms with Gasteiger partial charge in [-0.05, 0) is 22.6 Å². The first-order valence-electron chi connectivity index (χ1n) is 1.86. The Kier molecular flexibility index (Phi) is 3.25. The molecule has 0 aliphatic heterocycles. The minimum atomic E-state index is -1.19. The summed E-state index contributed by atoms with van der Waals surface area (Å²) in [6.45, 7) is 0. The number of hydrogen-bond donors (Lipinski definition) is 3.